The molecule has 0 radical (unpaired) electrons. The molecule has 2 N–H and O–H groups in total. The van der Waals surface area contributed by atoms with Gasteiger partial charge in [0.2, 0.25) is 11.8 Å². The van der Waals surface area contributed by atoms with E-state index in [1.807, 2.05) is 91.1 Å². The van der Waals surface area contributed by atoms with Crippen LogP contribution < -0.4 is 29.9 Å². The monoisotopic (exact) mass is 995 g/mol. The SMILES string of the molecule is C=CC(=O)Nc1cc(Cc2cc(-c3cn(C)c4ccccc34)ccn2)c(OC)cc1N(C)CCN(C)C.C=CC(=O)Nc1cc(Cc2cc(-c3cn(C)c4ccccc34)ccn2)c(OC)cc1N(C)CCN(C)C. The number of rotatable bonds is 20. The highest BCUT2D eigenvalue weighted by atomic mass is 16.5. The van der Waals surface area contributed by atoms with Crippen LogP contribution in [0.15, 0.2) is 147 Å². The Labute approximate surface area is 436 Å². The van der Waals surface area contributed by atoms with Crippen molar-refractivity contribution in [1.82, 2.24) is 28.9 Å². The predicted octanol–water partition coefficient (Wildman–Crippen LogP) is 9.92. The molecule has 2 amide bonds. The molecule has 0 unspecified atom stereocenters. The first kappa shape index (κ1) is 53.6. The van der Waals surface area contributed by atoms with Gasteiger partial charge in [-0.25, -0.2) is 0 Å². The van der Waals surface area contributed by atoms with Gasteiger partial charge in [-0.3, -0.25) is 19.6 Å². The lowest BCUT2D eigenvalue weighted by Gasteiger charge is -2.26. The highest BCUT2D eigenvalue weighted by Crippen LogP contribution is 2.38. The topological polar surface area (TPSA) is 125 Å². The molecule has 0 aliphatic heterocycles. The molecule has 0 aliphatic carbocycles. The van der Waals surface area contributed by atoms with Crippen LogP contribution in [0.25, 0.3) is 44.1 Å². The number of fused-ring (bicyclic) bond motifs is 2. The average molecular weight is 995 g/mol. The highest BCUT2D eigenvalue weighted by molar-refractivity contribution is 6.02. The summed E-state index contributed by atoms with van der Waals surface area (Å²) >= 11 is 0. The Kier molecular flexibility index (Phi) is 17.7. The average Bonchev–Trinajstić information content (AvgIpc) is 3.93. The van der Waals surface area contributed by atoms with Crippen LogP contribution in [0.4, 0.5) is 22.7 Å². The summed E-state index contributed by atoms with van der Waals surface area (Å²) in [4.78, 5) is 42.3. The lowest BCUT2D eigenvalue weighted by Crippen LogP contribution is -2.29. The van der Waals surface area contributed by atoms with Crippen LogP contribution in [-0.2, 0) is 36.5 Å². The van der Waals surface area contributed by atoms with Gasteiger partial charge in [0.25, 0.3) is 0 Å². The molecule has 384 valence electrons. The lowest BCUT2D eigenvalue weighted by atomic mass is 10.0. The van der Waals surface area contributed by atoms with E-state index in [0.29, 0.717) is 24.2 Å². The van der Waals surface area contributed by atoms with Gasteiger partial charge in [0.05, 0.1) is 37.0 Å². The van der Waals surface area contributed by atoms with Crippen LogP contribution >= 0.6 is 0 Å². The molecule has 0 saturated carbocycles. The third-order valence-electron chi connectivity index (χ3n) is 13.1. The molecule has 8 aromatic rings. The molecule has 4 aromatic carbocycles. The number of carbonyl (C=O) groups is 2. The Balaban J connectivity index is 0.000000216. The molecular formula is C60H70N10O4. The van der Waals surface area contributed by atoms with E-state index < -0.39 is 0 Å². The number of aryl methyl sites for hydroxylation is 2. The molecule has 4 aromatic heterocycles. The molecule has 0 spiro atoms. The molecule has 8 rings (SSSR count). The standard InChI is InChI=1S/2C30H35N5O2/c2*1-7-30(36)32-26-18-22(29(37-6)19-28(26)34(4)15-14-33(2)3)17-23-16-21(12-13-31-23)25-20-35(5)27-11-9-8-10-24(25)27/h2*7-13,16,18-20H,1,14-15,17H2,2-6H3,(H,32,36). The van der Waals surface area contributed by atoms with E-state index in [1.54, 1.807) is 14.2 Å². The first-order valence-electron chi connectivity index (χ1n) is 24.6. The van der Waals surface area contributed by atoms with Gasteiger partial charge >= 0.3 is 0 Å². The zero-order chi connectivity index (χ0) is 53.1. The van der Waals surface area contributed by atoms with Gasteiger partial charge in [0.15, 0.2) is 0 Å². The number of ether oxygens (including phenoxy) is 2. The summed E-state index contributed by atoms with van der Waals surface area (Å²) in [5.74, 6) is 0.991. The number of anilines is 4. The van der Waals surface area contributed by atoms with Crippen molar-refractivity contribution in [2.45, 2.75) is 12.8 Å². The summed E-state index contributed by atoms with van der Waals surface area (Å²) in [5, 5.41) is 8.37. The first-order chi connectivity index (χ1) is 35.6. The Morgan fingerprint density at radius 3 is 1.32 bits per heavy atom. The number of methoxy groups -OCH3 is 2. The van der Waals surface area contributed by atoms with Gasteiger partial charge in [0.1, 0.15) is 11.5 Å². The zero-order valence-corrected chi connectivity index (χ0v) is 44.6. The van der Waals surface area contributed by atoms with Crippen molar-refractivity contribution in [3.05, 3.63) is 170 Å². The molecule has 4 heterocycles. The Hall–Kier alpha value is -8.20. The minimum absolute atomic E-state index is 0.255. The fourth-order valence-electron chi connectivity index (χ4n) is 9.04. The molecule has 74 heavy (non-hydrogen) atoms. The number of nitrogens with one attached hydrogen (secondary N) is 2. The third kappa shape index (κ3) is 12.9. The second-order valence-electron chi connectivity index (χ2n) is 19.0. The second kappa shape index (κ2) is 24.5. The zero-order valence-electron chi connectivity index (χ0n) is 44.6. The molecule has 0 atom stereocenters. The molecular weight excluding hydrogens is 925 g/mol. The lowest BCUT2D eigenvalue weighted by molar-refractivity contribution is -0.112. The number of likely N-dealkylation sites (N-methyl/N-ethyl adjacent to an activating group) is 4. The van der Waals surface area contributed by atoms with E-state index in [9.17, 15) is 9.59 Å². The molecule has 14 nitrogen and oxygen atoms in total. The van der Waals surface area contributed by atoms with Gasteiger partial charge in [-0.2, -0.15) is 0 Å². The van der Waals surface area contributed by atoms with Crippen LogP contribution in [0.5, 0.6) is 11.5 Å². The number of aromatic nitrogens is 4. The van der Waals surface area contributed by atoms with Gasteiger partial charge in [-0.05, 0) is 100 Å². The maximum absolute atomic E-state index is 12.3. The number of pyridine rings is 2. The summed E-state index contributed by atoms with van der Waals surface area (Å²) in [7, 11) is 19.6. The van der Waals surface area contributed by atoms with Crippen molar-refractivity contribution >= 4 is 56.4 Å². The normalized spacial score (nSPS) is 11.1. The molecule has 0 fully saturated rings. The minimum atomic E-state index is -0.255. The van der Waals surface area contributed by atoms with Gasteiger partial charge in [0, 0.05) is 160 Å². The number of para-hydroxylation sites is 2. The number of carbonyl (C=O) groups excluding carboxylic acids is 2. The van der Waals surface area contributed by atoms with Gasteiger partial charge in [-0.15, -0.1) is 0 Å². The summed E-state index contributed by atoms with van der Waals surface area (Å²) in [6, 6.07) is 33.1. The van der Waals surface area contributed by atoms with Crippen molar-refractivity contribution in [3.63, 3.8) is 0 Å². The summed E-state index contributed by atoms with van der Waals surface area (Å²) in [5.41, 5.74) is 13.9. The van der Waals surface area contributed by atoms with Crippen molar-refractivity contribution in [3.8, 4) is 33.8 Å². The van der Waals surface area contributed by atoms with Crippen molar-refractivity contribution in [2.24, 2.45) is 14.1 Å². The smallest absolute Gasteiger partial charge is 0.247 e. The third-order valence-corrected chi connectivity index (χ3v) is 13.1. The predicted molar refractivity (Wildman–Crippen MR) is 305 cm³/mol. The Morgan fingerprint density at radius 1 is 0.568 bits per heavy atom. The number of hydrogen-bond acceptors (Lipinski definition) is 10. The van der Waals surface area contributed by atoms with E-state index in [2.05, 4.69) is 150 Å². The van der Waals surface area contributed by atoms with Gasteiger partial charge in [-0.1, -0.05) is 49.6 Å². The molecule has 0 aliphatic rings. The van der Waals surface area contributed by atoms with Crippen LogP contribution in [-0.4, -0.2) is 123 Å². The summed E-state index contributed by atoms with van der Waals surface area (Å²) < 4.78 is 15.9. The minimum Gasteiger partial charge on any atom is -0.496 e. The largest absolute Gasteiger partial charge is 0.496 e. The highest BCUT2D eigenvalue weighted by Gasteiger charge is 2.20. The first-order valence-corrected chi connectivity index (χ1v) is 24.6. The maximum atomic E-state index is 12.3. The summed E-state index contributed by atoms with van der Waals surface area (Å²) in [6.07, 6.45) is 11.7. The molecule has 0 saturated heterocycles. The van der Waals surface area contributed by atoms with E-state index in [-0.39, 0.29) is 11.8 Å². The van der Waals surface area contributed by atoms with Crippen LogP contribution in [0.2, 0.25) is 0 Å². The van der Waals surface area contributed by atoms with E-state index >= 15 is 0 Å². The second-order valence-corrected chi connectivity index (χ2v) is 19.0. The van der Waals surface area contributed by atoms with Crippen molar-refractivity contribution < 1.29 is 19.1 Å². The maximum Gasteiger partial charge on any atom is 0.247 e. The van der Waals surface area contributed by atoms with E-state index in [4.69, 9.17) is 9.47 Å². The summed E-state index contributed by atoms with van der Waals surface area (Å²) in [6.45, 7) is 10.6. The number of nitrogens with zero attached hydrogens (tertiary/aromatic N) is 8. The quantitative estimate of drug-likeness (QED) is 0.0714. The van der Waals surface area contributed by atoms with Crippen molar-refractivity contribution in [1.29, 1.82) is 0 Å². The van der Waals surface area contributed by atoms with Crippen LogP contribution in [0.1, 0.15) is 22.5 Å². The number of hydrogen-bond donors (Lipinski definition) is 2. The van der Waals surface area contributed by atoms with E-state index in [0.717, 1.165) is 82.7 Å². The number of benzene rings is 4. The van der Waals surface area contributed by atoms with Gasteiger partial charge < -0.3 is 48.8 Å². The van der Waals surface area contributed by atoms with E-state index in [1.165, 1.54) is 45.1 Å². The van der Waals surface area contributed by atoms with Crippen LogP contribution in [0, 0.1) is 0 Å². The van der Waals surface area contributed by atoms with Crippen LogP contribution in [0.3, 0.4) is 0 Å². The molecule has 14 heteroatoms. The fraction of sp³-hybridized carbons (Fsp3) is 0.267. The Morgan fingerprint density at radius 2 is 0.959 bits per heavy atom. The Bertz CT molecular complexity index is 3060. The number of amides is 2. The fourth-order valence-corrected chi connectivity index (χ4v) is 9.04. The van der Waals surface area contributed by atoms with Crippen molar-refractivity contribution in [2.75, 3.05) is 103 Å². The molecule has 0 bridgehead atoms.